The Bertz CT molecular complexity index is 962. The number of aryl methyl sites for hydroxylation is 2. The van der Waals surface area contributed by atoms with Crippen molar-refractivity contribution in [1.29, 1.82) is 0 Å². The minimum Gasteiger partial charge on any atom is -0.341 e. The fourth-order valence-corrected chi connectivity index (χ4v) is 4.40. The molecule has 0 aliphatic rings. The molecule has 2 aromatic heterocycles. The van der Waals surface area contributed by atoms with Crippen molar-refractivity contribution in [3.05, 3.63) is 57.4 Å². The Morgan fingerprint density at radius 3 is 2.69 bits per heavy atom. The lowest BCUT2D eigenvalue weighted by Crippen LogP contribution is -2.27. The number of benzene rings is 1. The lowest BCUT2D eigenvalue weighted by molar-refractivity contribution is 0.0797. The molecule has 0 atom stereocenters. The van der Waals surface area contributed by atoms with Gasteiger partial charge in [0.05, 0.1) is 16.4 Å². The normalized spacial score (nSPS) is 11.2. The van der Waals surface area contributed by atoms with Crippen LogP contribution in [0.15, 0.2) is 30.3 Å². The van der Waals surface area contributed by atoms with Crippen molar-refractivity contribution in [3.63, 3.8) is 0 Å². The van der Waals surface area contributed by atoms with E-state index in [-0.39, 0.29) is 11.7 Å². The second-order valence-electron chi connectivity index (χ2n) is 7.74. The lowest BCUT2D eigenvalue weighted by Gasteiger charge is -2.16. The van der Waals surface area contributed by atoms with Crippen LogP contribution < -0.4 is 0 Å². The van der Waals surface area contributed by atoms with Gasteiger partial charge >= 0.3 is 0 Å². The molecule has 3 aromatic rings. The Labute approximate surface area is 175 Å². The minimum atomic E-state index is -0.260. The third-order valence-electron chi connectivity index (χ3n) is 4.68. The van der Waals surface area contributed by atoms with Gasteiger partial charge < -0.3 is 4.90 Å². The molecule has 0 unspecified atom stereocenters. The number of H-pyrrole nitrogens is 1. The van der Waals surface area contributed by atoms with Crippen molar-refractivity contribution < 1.29 is 9.18 Å². The highest BCUT2D eigenvalue weighted by atomic mass is 32.1. The number of rotatable bonds is 8. The number of carbonyl (C=O) groups is 1. The summed E-state index contributed by atoms with van der Waals surface area (Å²) >= 11 is 1.51. The van der Waals surface area contributed by atoms with Gasteiger partial charge in [-0.1, -0.05) is 13.8 Å². The fourth-order valence-electron chi connectivity index (χ4n) is 3.13. The molecule has 2 heterocycles. The van der Waals surface area contributed by atoms with Gasteiger partial charge in [-0.15, -0.1) is 11.3 Å². The Hall–Kier alpha value is -2.54. The molecule has 5 nitrogen and oxygen atoms in total. The Morgan fingerprint density at radius 1 is 1.28 bits per heavy atom. The van der Waals surface area contributed by atoms with Gasteiger partial charge in [0, 0.05) is 31.3 Å². The van der Waals surface area contributed by atoms with Crippen LogP contribution in [0.3, 0.4) is 0 Å². The second-order valence-corrected chi connectivity index (χ2v) is 8.82. The number of carbonyl (C=O) groups excluding carboxylic acids is 1. The molecular formula is C22H27FN4OS. The van der Waals surface area contributed by atoms with E-state index in [9.17, 15) is 9.18 Å². The topological polar surface area (TPSA) is 61.9 Å². The molecule has 0 spiro atoms. The molecule has 0 aliphatic heterocycles. The summed E-state index contributed by atoms with van der Waals surface area (Å²) in [5.41, 5.74) is 3.49. The first-order valence-corrected chi connectivity index (χ1v) is 10.7. The van der Waals surface area contributed by atoms with Crippen LogP contribution >= 0.6 is 11.3 Å². The van der Waals surface area contributed by atoms with Gasteiger partial charge in [-0.05, 0) is 56.0 Å². The number of nitrogens with zero attached hydrogens (tertiary/aromatic N) is 3. The van der Waals surface area contributed by atoms with Gasteiger partial charge in [-0.2, -0.15) is 5.10 Å². The molecule has 3 rings (SSSR count). The molecule has 0 aliphatic carbocycles. The lowest BCUT2D eigenvalue weighted by atomic mass is 10.1. The van der Waals surface area contributed by atoms with Gasteiger partial charge in [0.15, 0.2) is 0 Å². The average molecular weight is 415 g/mol. The zero-order valence-electron chi connectivity index (χ0n) is 17.3. The largest absolute Gasteiger partial charge is 0.341 e. The van der Waals surface area contributed by atoms with E-state index in [1.165, 1.54) is 23.5 Å². The number of hydrogen-bond acceptors (Lipinski definition) is 4. The number of nitrogens with one attached hydrogen (secondary N) is 1. The van der Waals surface area contributed by atoms with Crippen molar-refractivity contribution >= 4 is 17.2 Å². The van der Waals surface area contributed by atoms with Gasteiger partial charge in [-0.25, -0.2) is 9.37 Å². The smallest absolute Gasteiger partial charge is 0.265 e. The summed E-state index contributed by atoms with van der Waals surface area (Å²) in [6.45, 7) is 6.87. The minimum absolute atomic E-state index is 0.0339. The maximum atomic E-state index is 13.1. The molecule has 1 amide bonds. The van der Waals surface area contributed by atoms with Gasteiger partial charge in [0.2, 0.25) is 0 Å². The molecule has 0 saturated heterocycles. The number of halogens is 1. The van der Waals surface area contributed by atoms with Crippen molar-refractivity contribution in [2.75, 3.05) is 13.6 Å². The maximum absolute atomic E-state index is 13.1. The molecule has 29 heavy (non-hydrogen) atoms. The van der Waals surface area contributed by atoms with Crippen LogP contribution in [0.25, 0.3) is 11.3 Å². The van der Waals surface area contributed by atoms with E-state index in [0.29, 0.717) is 12.5 Å². The van der Waals surface area contributed by atoms with Crippen molar-refractivity contribution in [2.45, 2.75) is 40.0 Å². The summed E-state index contributed by atoms with van der Waals surface area (Å²) in [5.74, 6) is 0.298. The second kappa shape index (κ2) is 9.31. The van der Waals surface area contributed by atoms with E-state index >= 15 is 0 Å². The van der Waals surface area contributed by atoms with E-state index in [1.54, 1.807) is 17.0 Å². The van der Waals surface area contributed by atoms with Crippen molar-refractivity contribution in [1.82, 2.24) is 20.1 Å². The summed E-state index contributed by atoms with van der Waals surface area (Å²) in [6, 6.07) is 8.26. The first-order chi connectivity index (χ1) is 13.8. The highest BCUT2D eigenvalue weighted by Gasteiger charge is 2.19. The van der Waals surface area contributed by atoms with Crippen LogP contribution in [0.1, 0.15) is 46.3 Å². The zero-order chi connectivity index (χ0) is 21.0. The molecule has 154 valence electrons. The van der Waals surface area contributed by atoms with Crippen LogP contribution in [-0.4, -0.2) is 39.6 Å². The van der Waals surface area contributed by atoms with E-state index in [1.807, 2.05) is 20.0 Å². The van der Waals surface area contributed by atoms with Gasteiger partial charge in [-0.3, -0.25) is 9.89 Å². The fraction of sp³-hybridized carbons (Fsp3) is 0.409. The van der Waals surface area contributed by atoms with Crippen LogP contribution in [0.5, 0.6) is 0 Å². The van der Waals surface area contributed by atoms with E-state index in [0.717, 1.165) is 51.8 Å². The molecule has 0 fully saturated rings. The SMILES string of the molecule is Cc1nc(CC(C)C)sc1C(=O)N(C)CCCc1cc(-c2ccc(F)cc2)n[nH]1. The van der Waals surface area contributed by atoms with Crippen molar-refractivity contribution in [2.24, 2.45) is 5.92 Å². The Kier molecular flexibility index (Phi) is 6.79. The van der Waals surface area contributed by atoms with Gasteiger partial charge in [0.25, 0.3) is 5.91 Å². The zero-order valence-corrected chi connectivity index (χ0v) is 18.1. The molecule has 1 N–H and O–H groups in total. The predicted octanol–water partition coefficient (Wildman–Crippen LogP) is 4.88. The van der Waals surface area contributed by atoms with Crippen LogP contribution in [-0.2, 0) is 12.8 Å². The quantitative estimate of drug-likeness (QED) is 0.571. The van der Waals surface area contributed by atoms with Crippen LogP contribution in [0.4, 0.5) is 4.39 Å². The van der Waals surface area contributed by atoms with Gasteiger partial charge in [0.1, 0.15) is 10.7 Å². The predicted molar refractivity (Wildman–Crippen MR) is 115 cm³/mol. The summed E-state index contributed by atoms with van der Waals surface area (Å²) in [7, 11) is 1.83. The number of aromatic nitrogens is 3. The summed E-state index contributed by atoms with van der Waals surface area (Å²) < 4.78 is 13.1. The molecule has 0 saturated carbocycles. The highest BCUT2D eigenvalue weighted by Crippen LogP contribution is 2.22. The number of aromatic amines is 1. The van der Waals surface area contributed by atoms with E-state index in [2.05, 4.69) is 29.0 Å². The molecule has 7 heteroatoms. The van der Waals surface area contributed by atoms with Crippen LogP contribution in [0.2, 0.25) is 0 Å². The van der Waals surface area contributed by atoms with E-state index in [4.69, 9.17) is 0 Å². The number of hydrogen-bond donors (Lipinski definition) is 1. The molecular weight excluding hydrogens is 387 g/mol. The highest BCUT2D eigenvalue weighted by molar-refractivity contribution is 7.13. The first-order valence-electron chi connectivity index (χ1n) is 9.85. The third-order valence-corrected chi connectivity index (χ3v) is 5.84. The maximum Gasteiger partial charge on any atom is 0.265 e. The summed E-state index contributed by atoms with van der Waals surface area (Å²) in [4.78, 5) is 19.8. The summed E-state index contributed by atoms with van der Waals surface area (Å²) in [6.07, 6.45) is 2.51. The van der Waals surface area contributed by atoms with Crippen molar-refractivity contribution in [3.8, 4) is 11.3 Å². The summed E-state index contributed by atoms with van der Waals surface area (Å²) in [5, 5.41) is 8.36. The van der Waals surface area contributed by atoms with Crippen LogP contribution in [0, 0.1) is 18.7 Å². The Balaban J connectivity index is 1.53. The molecule has 0 radical (unpaired) electrons. The number of thiazole rings is 1. The number of amides is 1. The first kappa shape index (κ1) is 21.2. The van der Waals surface area contributed by atoms with E-state index < -0.39 is 0 Å². The molecule has 1 aromatic carbocycles. The molecule has 0 bridgehead atoms. The third kappa shape index (κ3) is 5.50. The monoisotopic (exact) mass is 414 g/mol. The Morgan fingerprint density at radius 2 is 2.00 bits per heavy atom. The standard InChI is InChI=1S/C22H27FN4OS/c1-14(2)12-20-24-15(3)21(29-20)22(28)27(4)11-5-6-18-13-19(26-25-18)16-7-9-17(23)10-8-16/h7-10,13-14H,5-6,11-12H2,1-4H3,(H,25,26). The average Bonchev–Trinajstić information content (AvgIpc) is 3.28.